The van der Waals surface area contributed by atoms with Crippen LogP contribution in [0.15, 0.2) is 59.8 Å². The third kappa shape index (κ3) is 3.50. The Balaban J connectivity index is 1.76. The van der Waals surface area contributed by atoms with E-state index in [1.54, 1.807) is 12.4 Å². The lowest BCUT2D eigenvalue weighted by molar-refractivity contribution is 0.518. The molecule has 1 N–H and O–H groups in total. The Bertz CT molecular complexity index is 1110. The Hall–Kier alpha value is -1.86. The highest BCUT2D eigenvalue weighted by Gasteiger charge is 2.35. The minimum absolute atomic E-state index is 0.165. The van der Waals surface area contributed by atoms with Crippen molar-refractivity contribution in [1.82, 2.24) is 10.3 Å². The maximum absolute atomic E-state index is 13.3. The van der Waals surface area contributed by atoms with Crippen molar-refractivity contribution < 1.29 is 8.42 Å². The highest BCUT2D eigenvalue weighted by atomic mass is 35.5. The zero-order valence-electron chi connectivity index (χ0n) is 14.3. The quantitative estimate of drug-likeness (QED) is 0.697. The second-order valence-corrected chi connectivity index (χ2v) is 9.30. The lowest BCUT2D eigenvalue weighted by Crippen LogP contribution is -2.55. The second-order valence-electron chi connectivity index (χ2n) is 6.38. The predicted molar refractivity (Wildman–Crippen MR) is 109 cm³/mol. The van der Waals surface area contributed by atoms with Crippen molar-refractivity contribution >= 4 is 49.5 Å². The maximum atomic E-state index is 13.3. The summed E-state index contributed by atoms with van der Waals surface area (Å²) < 4.78 is 26.6. The Kier molecular flexibility index (Phi) is 4.99. The molecule has 0 amide bonds. The Morgan fingerprint density at radius 2 is 1.89 bits per heavy atom. The second kappa shape index (κ2) is 7.28. The highest BCUT2D eigenvalue weighted by molar-refractivity contribution is 7.92. The van der Waals surface area contributed by atoms with Gasteiger partial charge in [0.1, 0.15) is 5.37 Å². The van der Waals surface area contributed by atoms with E-state index >= 15 is 0 Å². The molecule has 4 rings (SSSR count). The standard InChI is InChI=1S/C19H17Cl2N3O2S/c20-17-4-3-16(10-18(17)21)27(25,26)19-12-23-7-8-24(19)15-2-1-13-5-6-22-11-14(13)9-15/h1-6,9-11,19,23H,7-8,12H2. The summed E-state index contributed by atoms with van der Waals surface area (Å²) in [6.07, 6.45) is 3.52. The van der Waals surface area contributed by atoms with Gasteiger partial charge in [-0.3, -0.25) is 4.98 Å². The summed E-state index contributed by atoms with van der Waals surface area (Å²) >= 11 is 12.0. The van der Waals surface area contributed by atoms with Crippen LogP contribution in [-0.4, -0.2) is 38.4 Å². The first-order chi connectivity index (χ1) is 13.0. The van der Waals surface area contributed by atoms with Crippen LogP contribution in [0, 0.1) is 0 Å². The van der Waals surface area contributed by atoms with Crippen molar-refractivity contribution in [2.24, 2.45) is 0 Å². The zero-order chi connectivity index (χ0) is 19.0. The van der Waals surface area contributed by atoms with Gasteiger partial charge in [0.05, 0.1) is 14.9 Å². The molecule has 1 aromatic heterocycles. The molecule has 27 heavy (non-hydrogen) atoms. The molecule has 0 bridgehead atoms. The van der Waals surface area contributed by atoms with Crippen LogP contribution in [-0.2, 0) is 9.84 Å². The summed E-state index contributed by atoms with van der Waals surface area (Å²) in [7, 11) is -3.65. The molecule has 0 aliphatic carbocycles. The molecule has 1 atom stereocenters. The minimum Gasteiger partial charge on any atom is -0.352 e. The van der Waals surface area contributed by atoms with Crippen molar-refractivity contribution in [3.05, 3.63) is 64.9 Å². The van der Waals surface area contributed by atoms with Crippen molar-refractivity contribution in [2.45, 2.75) is 10.3 Å². The lowest BCUT2D eigenvalue weighted by atomic mass is 10.1. The Morgan fingerprint density at radius 1 is 1.04 bits per heavy atom. The van der Waals surface area contributed by atoms with Gasteiger partial charge >= 0.3 is 0 Å². The van der Waals surface area contributed by atoms with Gasteiger partial charge in [-0.05, 0) is 41.8 Å². The summed E-state index contributed by atoms with van der Waals surface area (Å²) in [4.78, 5) is 6.24. The molecule has 1 fully saturated rings. The molecule has 1 saturated heterocycles. The summed E-state index contributed by atoms with van der Waals surface area (Å²) in [6, 6.07) is 12.3. The smallest absolute Gasteiger partial charge is 0.200 e. The van der Waals surface area contributed by atoms with E-state index in [4.69, 9.17) is 23.2 Å². The average molecular weight is 422 g/mol. The van der Waals surface area contributed by atoms with Gasteiger partial charge in [-0.25, -0.2) is 8.42 Å². The number of hydrogen-bond acceptors (Lipinski definition) is 5. The lowest BCUT2D eigenvalue weighted by Gasteiger charge is -2.37. The van der Waals surface area contributed by atoms with Gasteiger partial charge in [0.25, 0.3) is 0 Å². The van der Waals surface area contributed by atoms with E-state index in [9.17, 15) is 8.42 Å². The fraction of sp³-hybridized carbons (Fsp3) is 0.211. The van der Waals surface area contributed by atoms with E-state index in [0.29, 0.717) is 24.7 Å². The summed E-state index contributed by atoms with van der Waals surface area (Å²) in [5.41, 5.74) is 0.852. The van der Waals surface area contributed by atoms with Gasteiger partial charge in [0, 0.05) is 43.1 Å². The SMILES string of the molecule is O=S(=O)(c1ccc(Cl)c(Cl)c1)C1CNCCN1c1ccc2ccncc2c1. The number of nitrogens with one attached hydrogen (secondary N) is 1. The molecule has 2 heterocycles. The molecule has 1 aliphatic rings. The molecule has 1 aliphatic heterocycles. The first-order valence-corrected chi connectivity index (χ1v) is 10.8. The van der Waals surface area contributed by atoms with E-state index in [2.05, 4.69) is 10.3 Å². The molecule has 140 valence electrons. The summed E-state index contributed by atoms with van der Waals surface area (Å²) in [6.45, 7) is 1.61. The van der Waals surface area contributed by atoms with Crippen molar-refractivity contribution in [3.8, 4) is 0 Å². The number of piperazine rings is 1. The number of benzene rings is 2. The number of anilines is 1. The molecule has 3 aromatic rings. The number of halogens is 2. The summed E-state index contributed by atoms with van der Waals surface area (Å²) in [5.74, 6) is 0. The van der Waals surface area contributed by atoms with Crippen molar-refractivity contribution in [3.63, 3.8) is 0 Å². The van der Waals surface area contributed by atoms with Crippen LogP contribution < -0.4 is 10.2 Å². The number of aromatic nitrogens is 1. The van der Waals surface area contributed by atoms with E-state index in [1.807, 2.05) is 29.2 Å². The van der Waals surface area contributed by atoms with Crippen LogP contribution in [0.4, 0.5) is 5.69 Å². The minimum atomic E-state index is -3.65. The normalized spacial score (nSPS) is 18.0. The monoisotopic (exact) mass is 421 g/mol. The van der Waals surface area contributed by atoms with Gasteiger partial charge in [0.2, 0.25) is 9.84 Å². The molecule has 0 radical (unpaired) electrons. The molecular formula is C19H17Cl2N3O2S. The summed E-state index contributed by atoms with van der Waals surface area (Å²) in [5, 5.41) is 5.03. The molecule has 1 unspecified atom stereocenters. The van der Waals surface area contributed by atoms with Crippen molar-refractivity contribution in [1.29, 1.82) is 0 Å². The van der Waals surface area contributed by atoms with E-state index in [-0.39, 0.29) is 9.92 Å². The van der Waals surface area contributed by atoms with Crippen LogP contribution in [0.5, 0.6) is 0 Å². The molecule has 5 nitrogen and oxygen atoms in total. The number of rotatable bonds is 3. The number of hydrogen-bond donors (Lipinski definition) is 1. The molecule has 2 aromatic carbocycles. The topological polar surface area (TPSA) is 62.3 Å². The van der Waals surface area contributed by atoms with Crippen LogP contribution in [0.1, 0.15) is 0 Å². The van der Waals surface area contributed by atoms with Crippen molar-refractivity contribution in [2.75, 3.05) is 24.5 Å². The van der Waals surface area contributed by atoms with Gasteiger partial charge in [-0.15, -0.1) is 0 Å². The molecule has 8 heteroatoms. The first-order valence-electron chi connectivity index (χ1n) is 8.47. The Morgan fingerprint density at radius 3 is 2.70 bits per heavy atom. The van der Waals surface area contributed by atoms with Crippen LogP contribution >= 0.6 is 23.2 Å². The number of sulfone groups is 1. The molecular weight excluding hydrogens is 405 g/mol. The van der Waals surface area contributed by atoms with Gasteiger partial charge in [0.15, 0.2) is 0 Å². The average Bonchev–Trinajstić information content (AvgIpc) is 2.69. The third-order valence-electron chi connectivity index (χ3n) is 4.73. The number of fused-ring (bicyclic) bond motifs is 1. The highest BCUT2D eigenvalue weighted by Crippen LogP contribution is 2.31. The van der Waals surface area contributed by atoms with Gasteiger partial charge in [-0.1, -0.05) is 29.3 Å². The molecule has 0 spiro atoms. The van der Waals surface area contributed by atoms with E-state index in [0.717, 1.165) is 16.5 Å². The third-order valence-corrected chi connectivity index (χ3v) is 7.52. The number of nitrogens with zero attached hydrogens (tertiary/aromatic N) is 2. The predicted octanol–water partition coefficient (Wildman–Crippen LogP) is 3.75. The fourth-order valence-electron chi connectivity index (χ4n) is 3.31. The maximum Gasteiger partial charge on any atom is 0.200 e. The zero-order valence-corrected chi connectivity index (χ0v) is 16.6. The van der Waals surface area contributed by atoms with Crippen LogP contribution in [0.2, 0.25) is 10.0 Å². The fourth-order valence-corrected chi connectivity index (χ4v) is 5.43. The molecule has 0 saturated carbocycles. The van der Waals surface area contributed by atoms with Crippen LogP contribution in [0.25, 0.3) is 10.8 Å². The van der Waals surface area contributed by atoms with E-state index < -0.39 is 15.2 Å². The first kappa shape index (κ1) is 18.5. The Labute approximate surface area is 167 Å². The number of pyridine rings is 1. The van der Waals surface area contributed by atoms with Gasteiger partial charge < -0.3 is 10.2 Å². The largest absolute Gasteiger partial charge is 0.352 e. The van der Waals surface area contributed by atoms with Crippen LogP contribution in [0.3, 0.4) is 0 Å². The van der Waals surface area contributed by atoms with Gasteiger partial charge in [-0.2, -0.15) is 0 Å². The van der Waals surface area contributed by atoms with E-state index in [1.165, 1.54) is 18.2 Å².